The van der Waals surface area contributed by atoms with Crippen LogP contribution in [-0.4, -0.2) is 76.6 Å². The van der Waals surface area contributed by atoms with Gasteiger partial charge in [-0.15, -0.1) is 0 Å². The molecule has 0 amide bonds. The van der Waals surface area contributed by atoms with E-state index in [-0.39, 0.29) is 0 Å². The van der Waals surface area contributed by atoms with Crippen molar-refractivity contribution in [2.75, 3.05) is 53.6 Å². The number of rotatable bonds is 11. The minimum Gasteiger partial charge on any atom is -0.385 e. The summed E-state index contributed by atoms with van der Waals surface area (Å²) in [6.07, 6.45) is 4.77. The number of nitrogens with zero attached hydrogens (tertiary/aromatic N) is 2. The molecule has 1 unspecified atom stereocenters. The van der Waals surface area contributed by atoms with Crippen LogP contribution in [0.2, 0.25) is 0 Å². The van der Waals surface area contributed by atoms with Gasteiger partial charge in [0, 0.05) is 59.6 Å². The Kier molecular flexibility index (Phi) is 11.9. The molecule has 0 spiro atoms. The van der Waals surface area contributed by atoms with E-state index in [1.165, 1.54) is 12.8 Å². The van der Waals surface area contributed by atoms with Gasteiger partial charge < -0.3 is 25.0 Å². The van der Waals surface area contributed by atoms with Crippen LogP contribution < -0.4 is 10.6 Å². The number of hydrogen-bond donors (Lipinski definition) is 2. The highest BCUT2D eigenvalue weighted by Crippen LogP contribution is 2.11. The zero-order valence-electron chi connectivity index (χ0n) is 17.0. The Labute approximate surface area is 154 Å². The van der Waals surface area contributed by atoms with E-state index >= 15 is 0 Å². The van der Waals surface area contributed by atoms with Crippen molar-refractivity contribution >= 4 is 5.96 Å². The Morgan fingerprint density at radius 3 is 2.56 bits per heavy atom. The van der Waals surface area contributed by atoms with Crippen molar-refractivity contribution in [3.63, 3.8) is 0 Å². The van der Waals surface area contributed by atoms with Gasteiger partial charge in [-0.3, -0.25) is 4.99 Å². The van der Waals surface area contributed by atoms with Crippen molar-refractivity contribution in [3.05, 3.63) is 0 Å². The van der Waals surface area contributed by atoms with Crippen molar-refractivity contribution in [3.8, 4) is 0 Å². The maximum Gasteiger partial charge on any atom is 0.191 e. The molecule has 2 N–H and O–H groups in total. The average Bonchev–Trinajstić information content (AvgIpc) is 2.61. The van der Waals surface area contributed by atoms with Crippen molar-refractivity contribution in [1.82, 2.24) is 15.5 Å². The summed E-state index contributed by atoms with van der Waals surface area (Å²) in [4.78, 5) is 6.90. The molecule has 0 bridgehead atoms. The lowest BCUT2D eigenvalue weighted by atomic mass is 10.0. The fraction of sp³-hybridized carbons (Fsp3) is 0.947. The van der Waals surface area contributed by atoms with Gasteiger partial charge in [-0.1, -0.05) is 13.8 Å². The minimum atomic E-state index is 0.311. The van der Waals surface area contributed by atoms with Crippen molar-refractivity contribution in [2.45, 2.75) is 58.6 Å². The predicted molar refractivity (Wildman–Crippen MR) is 105 cm³/mol. The lowest BCUT2D eigenvalue weighted by molar-refractivity contribution is 0.0258. The number of nitrogens with one attached hydrogen (secondary N) is 2. The molecule has 0 saturated carbocycles. The molecule has 0 aromatic heterocycles. The fourth-order valence-electron chi connectivity index (χ4n) is 3.28. The first-order valence-corrected chi connectivity index (χ1v) is 9.90. The highest BCUT2D eigenvalue weighted by molar-refractivity contribution is 5.79. The molecule has 1 fully saturated rings. The standard InChI is InChI=1S/C19H40N4O2/c1-6-25-18(16(2)3)8-11-21-19(20-4)22-17-9-13-23(14-10-17)12-7-15-24-5/h16-18H,6-15H2,1-5H3,(H2,20,21,22). The summed E-state index contributed by atoms with van der Waals surface area (Å²) in [6.45, 7) is 12.5. The van der Waals surface area contributed by atoms with Crippen LogP contribution in [0.15, 0.2) is 4.99 Å². The second kappa shape index (κ2) is 13.4. The Morgan fingerprint density at radius 2 is 2.00 bits per heavy atom. The van der Waals surface area contributed by atoms with Crippen molar-refractivity contribution in [2.24, 2.45) is 10.9 Å². The molecule has 6 nitrogen and oxygen atoms in total. The van der Waals surface area contributed by atoms with E-state index in [0.29, 0.717) is 18.1 Å². The molecule has 6 heteroatoms. The molecule has 1 atom stereocenters. The van der Waals surface area contributed by atoms with Gasteiger partial charge in [0.15, 0.2) is 5.96 Å². The first-order chi connectivity index (χ1) is 12.1. The zero-order chi connectivity index (χ0) is 18.5. The van der Waals surface area contributed by atoms with Gasteiger partial charge in [0.2, 0.25) is 0 Å². The van der Waals surface area contributed by atoms with Gasteiger partial charge in [0.1, 0.15) is 0 Å². The van der Waals surface area contributed by atoms with Crippen LogP contribution >= 0.6 is 0 Å². The molecular weight excluding hydrogens is 316 g/mol. The van der Waals surface area contributed by atoms with Crippen molar-refractivity contribution < 1.29 is 9.47 Å². The molecule has 0 aromatic carbocycles. The Hall–Kier alpha value is -0.850. The lowest BCUT2D eigenvalue weighted by Crippen LogP contribution is -2.49. The topological polar surface area (TPSA) is 58.1 Å². The maximum absolute atomic E-state index is 5.81. The van der Waals surface area contributed by atoms with E-state index in [4.69, 9.17) is 9.47 Å². The van der Waals surface area contributed by atoms with E-state index < -0.39 is 0 Å². The molecule has 1 heterocycles. The molecule has 0 aromatic rings. The molecule has 1 aliphatic heterocycles. The monoisotopic (exact) mass is 356 g/mol. The molecular formula is C19H40N4O2. The highest BCUT2D eigenvalue weighted by Gasteiger charge is 2.20. The van der Waals surface area contributed by atoms with E-state index in [1.54, 1.807) is 7.11 Å². The summed E-state index contributed by atoms with van der Waals surface area (Å²) >= 11 is 0. The van der Waals surface area contributed by atoms with Crippen LogP contribution in [0.1, 0.15) is 46.5 Å². The first kappa shape index (κ1) is 22.2. The van der Waals surface area contributed by atoms with Crippen molar-refractivity contribution in [1.29, 1.82) is 0 Å². The van der Waals surface area contributed by atoms with Gasteiger partial charge in [0.05, 0.1) is 6.10 Å². The molecule has 1 rings (SSSR count). The second-order valence-corrected chi connectivity index (χ2v) is 7.13. The maximum atomic E-state index is 5.81. The van der Waals surface area contributed by atoms with Crippen LogP contribution in [0, 0.1) is 5.92 Å². The molecule has 25 heavy (non-hydrogen) atoms. The summed E-state index contributed by atoms with van der Waals surface area (Å²) in [5, 5.41) is 7.02. The second-order valence-electron chi connectivity index (χ2n) is 7.13. The molecule has 148 valence electrons. The summed E-state index contributed by atoms with van der Waals surface area (Å²) in [6, 6.07) is 0.512. The van der Waals surface area contributed by atoms with Crippen LogP contribution in [0.25, 0.3) is 0 Å². The third-order valence-corrected chi connectivity index (χ3v) is 4.82. The van der Waals surface area contributed by atoms with Gasteiger partial charge >= 0.3 is 0 Å². The Balaban J connectivity index is 2.24. The first-order valence-electron chi connectivity index (χ1n) is 9.90. The summed E-state index contributed by atoms with van der Waals surface area (Å²) in [5.74, 6) is 1.45. The fourth-order valence-corrected chi connectivity index (χ4v) is 3.28. The van der Waals surface area contributed by atoms with E-state index in [2.05, 4.69) is 41.3 Å². The third-order valence-electron chi connectivity index (χ3n) is 4.82. The van der Waals surface area contributed by atoms with E-state index in [1.807, 2.05) is 7.05 Å². The molecule has 1 saturated heterocycles. The number of ether oxygens (including phenoxy) is 2. The van der Waals surface area contributed by atoms with Gasteiger partial charge in [-0.25, -0.2) is 0 Å². The quantitative estimate of drug-likeness (QED) is 0.337. The third kappa shape index (κ3) is 9.42. The smallest absolute Gasteiger partial charge is 0.191 e. The molecule has 0 aliphatic carbocycles. The number of guanidine groups is 1. The van der Waals surface area contributed by atoms with Crippen LogP contribution in [0.3, 0.4) is 0 Å². The lowest BCUT2D eigenvalue weighted by Gasteiger charge is -2.33. The Bertz CT molecular complexity index is 355. The molecule has 0 radical (unpaired) electrons. The SMILES string of the molecule is CCOC(CCNC(=NC)NC1CCN(CCCOC)CC1)C(C)C. The van der Waals surface area contributed by atoms with Crippen LogP contribution in [-0.2, 0) is 9.47 Å². The number of hydrogen-bond acceptors (Lipinski definition) is 4. The van der Waals surface area contributed by atoms with Gasteiger partial charge in [0.25, 0.3) is 0 Å². The highest BCUT2D eigenvalue weighted by atomic mass is 16.5. The van der Waals surface area contributed by atoms with Gasteiger partial charge in [-0.05, 0) is 38.5 Å². The van der Waals surface area contributed by atoms with Crippen LogP contribution in [0.5, 0.6) is 0 Å². The van der Waals surface area contributed by atoms with Crippen LogP contribution in [0.4, 0.5) is 0 Å². The summed E-state index contributed by atoms with van der Waals surface area (Å²) in [5.41, 5.74) is 0. The van der Waals surface area contributed by atoms with E-state index in [9.17, 15) is 0 Å². The van der Waals surface area contributed by atoms with E-state index in [0.717, 1.165) is 58.2 Å². The number of aliphatic imine (C=N–C) groups is 1. The largest absolute Gasteiger partial charge is 0.385 e. The average molecular weight is 357 g/mol. The Morgan fingerprint density at radius 1 is 1.28 bits per heavy atom. The summed E-state index contributed by atoms with van der Waals surface area (Å²) < 4.78 is 10.9. The normalized spacial score (nSPS) is 18.6. The summed E-state index contributed by atoms with van der Waals surface area (Å²) in [7, 11) is 3.62. The number of likely N-dealkylation sites (tertiary alicyclic amines) is 1. The molecule has 1 aliphatic rings. The number of piperidine rings is 1. The predicted octanol–water partition coefficient (Wildman–Crippen LogP) is 2.10. The zero-order valence-corrected chi connectivity index (χ0v) is 17.0. The minimum absolute atomic E-state index is 0.311. The number of methoxy groups -OCH3 is 1. The van der Waals surface area contributed by atoms with Gasteiger partial charge in [-0.2, -0.15) is 0 Å².